The number of ether oxygens (including phenoxy) is 1. The van der Waals surface area contributed by atoms with Crippen molar-refractivity contribution in [2.24, 2.45) is 0 Å². The van der Waals surface area contributed by atoms with E-state index in [9.17, 15) is 14.0 Å². The highest BCUT2D eigenvalue weighted by Gasteiger charge is 2.31. The van der Waals surface area contributed by atoms with Crippen LogP contribution in [0.15, 0.2) is 24.3 Å². The summed E-state index contributed by atoms with van der Waals surface area (Å²) < 4.78 is 18.1. The minimum atomic E-state index is -0.566. The largest absolute Gasteiger partial charge is 0.465 e. The van der Waals surface area contributed by atoms with E-state index in [1.54, 1.807) is 19.1 Å². The van der Waals surface area contributed by atoms with E-state index in [-0.39, 0.29) is 17.6 Å². The summed E-state index contributed by atoms with van der Waals surface area (Å²) in [5, 5.41) is 0. The van der Waals surface area contributed by atoms with Gasteiger partial charge in [-0.2, -0.15) is 0 Å². The normalized spacial score (nSPS) is 17.8. The number of esters is 1. The monoisotopic (exact) mass is 279 g/mol. The molecule has 2 rings (SSSR count). The van der Waals surface area contributed by atoms with Crippen LogP contribution in [0.25, 0.3) is 0 Å². The summed E-state index contributed by atoms with van der Waals surface area (Å²) in [5.41, 5.74) is 0.694. The van der Waals surface area contributed by atoms with Crippen LogP contribution in [0.2, 0.25) is 0 Å². The van der Waals surface area contributed by atoms with E-state index in [0.29, 0.717) is 38.1 Å². The van der Waals surface area contributed by atoms with Gasteiger partial charge in [0.1, 0.15) is 17.6 Å². The van der Waals surface area contributed by atoms with Crippen molar-refractivity contribution < 1.29 is 18.7 Å². The number of carbonyl (C=O) groups is 2. The van der Waals surface area contributed by atoms with E-state index in [0.717, 1.165) is 0 Å². The summed E-state index contributed by atoms with van der Waals surface area (Å²) in [7, 11) is 0. The summed E-state index contributed by atoms with van der Waals surface area (Å²) >= 11 is 0. The highest BCUT2D eigenvalue weighted by atomic mass is 19.1. The molecule has 0 spiro atoms. The molecule has 5 heteroatoms. The van der Waals surface area contributed by atoms with Gasteiger partial charge in [-0.1, -0.05) is 12.1 Å². The third-order valence-corrected chi connectivity index (χ3v) is 3.42. The molecular weight excluding hydrogens is 261 g/mol. The standard InChI is InChI=1S/C15H18FNO3/c1-2-20-15(19)14(11-3-5-12(16)6-4-11)17-9-7-13(18)8-10-17/h3-6,14H,2,7-10H2,1H3/t14-/m0/s1. The molecule has 4 nitrogen and oxygen atoms in total. The molecule has 1 fully saturated rings. The molecule has 20 heavy (non-hydrogen) atoms. The molecule has 108 valence electrons. The molecule has 1 atom stereocenters. The van der Waals surface area contributed by atoms with Crippen LogP contribution in [0.3, 0.4) is 0 Å². The second-order valence-corrected chi connectivity index (χ2v) is 4.78. The van der Waals surface area contributed by atoms with Gasteiger partial charge in [-0.05, 0) is 24.6 Å². The lowest BCUT2D eigenvalue weighted by atomic mass is 10.0. The van der Waals surface area contributed by atoms with Gasteiger partial charge < -0.3 is 4.74 Å². The Balaban J connectivity index is 2.22. The predicted molar refractivity (Wildman–Crippen MR) is 71.6 cm³/mol. The van der Waals surface area contributed by atoms with E-state index in [1.165, 1.54) is 12.1 Å². The lowest BCUT2D eigenvalue weighted by molar-refractivity contribution is -0.151. The van der Waals surface area contributed by atoms with E-state index in [2.05, 4.69) is 0 Å². The van der Waals surface area contributed by atoms with E-state index < -0.39 is 6.04 Å². The van der Waals surface area contributed by atoms with Gasteiger partial charge in [0.05, 0.1) is 6.61 Å². The van der Waals surface area contributed by atoms with Crippen LogP contribution < -0.4 is 0 Å². The number of rotatable bonds is 4. The minimum absolute atomic E-state index is 0.211. The fraction of sp³-hybridized carbons (Fsp3) is 0.467. The van der Waals surface area contributed by atoms with Crippen molar-refractivity contribution in [3.8, 4) is 0 Å². The number of Topliss-reactive ketones (excluding diaryl/α,β-unsaturated/α-hetero) is 1. The Labute approximate surface area is 117 Å². The smallest absolute Gasteiger partial charge is 0.327 e. The van der Waals surface area contributed by atoms with Crippen molar-refractivity contribution in [3.05, 3.63) is 35.6 Å². The molecule has 1 aromatic carbocycles. The number of ketones is 1. The number of nitrogens with zero attached hydrogens (tertiary/aromatic N) is 1. The van der Waals surface area contributed by atoms with Gasteiger partial charge in [0.15, 0.2) is 0 Å². The molecule has 0 N–H and O–H groups in total. The Bertz CT molecular complexity index is 476. The molecule has 1 saturated heterocycles. The topological polar surface area (TPSA) is 46.6 Å². The second-order valence-electron chi connectivity index (χ2n) is 4.78. The van der Waals surface area contributed by atoms with Crippen molar-refractivity contribution in [1.29, 1.82) is 0 Å². The van der Waals surface area contributed by atoms with E-state index in [4.69, 9.17) is 4.74 Å². The first-order valence-corrected chi connectivity index (χ1v) is 6.79. The SMILES string of the molecule is CCOC(=O)[C@H](c1ccc(F)cc1)N1CCC(=O)CC1. The van der Waals surface area contributed by atoms with Crippen LogP contribution in [-0.4, -0.2) is 36.3 Å². The molecule has 0 unspecified atom stereocenters. The number of hydrogen-bond acceptors (Lipinski definition) is 4. The zero-order chi connectivity index (χ0) is 14.5. The zero-order valence-electron chi connectivity index (χ0n) is 11.5. The number of carbonyl (C=O) groups excluding carboxylic acids is 2. The molecule has 1 aliphatic heterocycles. The lowest BCUT2D eigenvalue weighted by Crippen LogP contribution is -2.41. The summed E-state index contributed by atoms with van der Waals surface area (Å²) in [6, 6.07) is 5.28. The van der Waals surface area contributed by atoms with Crippen molar-refractivity contribution in [3.63, 3.8) is 0 Å². The molecule has 0 radical (unpaired) electrons. The first kappa shape index (κ1) is 14.7. The van der Waals surface area contributed by atoms with Crippen LogP contribution in [0.4, 0.5) is 4.39 Å². The Morgan fingerprint density at radius 2 is 1.90 bits per heavy atom. The Morgan fingerprint density at radius 3 is 2.45 bits per heavy atom. The first-order valence-electron chi connectivity index (χ1n) is 6.79. The molecule has 0 saturated carbocycles. The second kappa shape index (κ2) is 6.61. The molecule has 0 aromatic heterocycles. The first-order chi connectivity index (χ1) is 9.61. The van der Waals surface area contributed by atoms with Crippen molar-refractivity contribution >= 4 is 11.8 Å². The molecule has 0 bridgehead atoms. The van der Waals surface area contributed by atoms with Crippen LogP contribution in [-0.2, 0) is 14.3 Å². The predicted octanol–water partition coefficient (Wildman–Crippen LogP) is 2.09. The van der Waals surface area contributed by atoms with Crippen molar-refractivity contribution in [1.82, 2.24) is 4.90 Å². The molecule has 0 aliphatic carbocycles. The van der Waals surface area contributed by atoms with E-state index in [1.807, 2.05) is 4.90 Å². The molecule has 1 aromatic rings. The maximum absolute atomic E-state index is 13.0. The minimum Gasteiger partial charge on any atom is -0.465 e. The van der Waals surface area contributed by atoms with Crippen LogP contribution >= 0.6 is 0 Å². The van der Waals surface area contributed by atoms with Gasteiger partial charge in [0.25, 0.3) is 0 Å². The molecule has 1 heterocycles. The fourth-order valence-corrected chi connectivity index (χ4v) is 2.39. The zero-order valence-corrected chi connectivity index (χ0v) is 11.5. The van der Waals surface area contributed by atoms with Gasteiger partial charge in [-0.25, -0.2) is 9.18 Å². The van der Waals surface area contributed by atoms with Crippen LogP contribution in [0, 0.1) is 5.82 Å². The molecule has 1 aliphatic rings. The number of likely N-dealkylation sites (tertiary alicyclic amines) is 1. The number of piperidine rings is 1. The van der Waals surface area contributed by atoms with Gasteiger partial charge >= 0.3 is 5.97 Å². The summed E-state index contributed by atoms with van der Waals surface area (Å²) in [4.78, 5) is 25.4. The Hall–Kier alpha value is -1.75. The van der Waals surface area contributed by atoms with Gasteiger partial charge in [-0.15, -0.1) is 0 Å². The van der Waals surface area contributed by atoms with Crippen LogP contribution in [0.5, 0.6) is 0 Å². The number of hydrogen-bond donors (Lipinski definition) is 0. The summed E-state index contributed by atoms with van der Waals surface area (Å²) in [5.74, 6) is -0.485. The van der Waals surface area contributed by atoms with Gasteiger partial charge in [0, 0.05) is 25.9 Å². The summed E-state index contributed by atoms with van der Waals surface area (Å²) in [6.07, 6.45) is 0.883. The van der Waals surface area contributed by atoms with Gasteiger partial charge in [-0.3, -0.25) is 9.69 Å². The Morgan fingerprint density at radius 1 is 1.30 bits per heavy atom. The maximum Gasteiger partial charge on any atom is 0.327 e. The fourth-order valence-electron chi connectivity index (χ4n) is 2.39. The average Bonchev–Trinajstić information content (AvgIpc) is 2.44. The van der Waals surface area contributed by atoms with Crippen molar-refractivity contribution in [2.45, 2.75) is 25.8 Å². The van der Waals surface area contributed by atoms with Gasteiger partial charge in [0.2, 0.25) is 0 Å². The number of benzene rings is 1. The quantitative estimate of drug-likeness (QED) is 0.792. The van der Waals surface area contributed by atoms with E-state index >= 15 is 0 Å². The Kier molecular flexibility index (Phi) is 4.84. The third kappa shape index (κ3) is 3.42. The highest BCUT2D eigenvalue weighted by molar-refractivity contribution is 5.81. The molecule has 0 amide bonds. The maximum atomic E-state index is 13.0. The lowest BCUT2D eigenvalue weighted by Gasteiger charge is -2.32. The third-order valence-electron chi connectivity index (χ3n) is 3.42. The van der Waals surface area contributed by atoms with Crippen LogP contribution in [0.1, 0.15) is 31.4 Å². The highest BCUT2D eigenvalue weighted by Crippen LogP contribution is 2.25. The summed E-state index contributed by atoms with van der Waals surface area (Å²) in [6.45, 7) is 3.10. The average molecular weight is 279 g/mol. The number of halogens is 1. The van der Waals surface area contributed by atoms with Crippen molar-refractivity contribution in [2.75, 3.05) is 19.7 Å². The molecular formula is C15H18FNO3.